The van der Waals surface area contributed by atoms with E-state index < -0.39 is 5.60 Å². The van der Waals surface area contributed by atoms with Crippen molar-refractivity contribution in [3.63, 3.8) is 0 Å². The van der Waals surface area contributed by atoms with Crippen LogP contribution in [0.4, 0.5) is 0 Å². The number of terminal acetylenes is 1. The zero-order valence-electron chi connectivity index (χ0n) is 6.71. The van der Waals surface area contributed by atoms with Gasteiger partial charge in [0.15, 0.2) is 0 Å². The van der Waals surface area contributed by atoms with E-state index in [4.69, 9.17) is 18.0 Å². The van der Waals surface area contributed by atoms with E-state index in [1.165, 1.54) is 6.92 Å². The van der Waals surface area contributed by atoms with Gasteiger partial charge in [-0.25, -0.2) is 0 Å². The molecule has 1 nitrogen and oxygen atoms in total. The zero-order chi connectivity index (χ0) is 9.19. The van der Waals surface area contributed by atoms with Crippen molar-refractivity contribution in [1.29, 1.82) is 0 Å². The number of benzene rings is 1. The van der Waals surface area contributed by atoms with Gasteiger partial charge in [-0.05, 0) is 13.0 Å². The second-order valence-corrected chi connectivity index (χ2v) is 3.10. The summed E-state index contributed by atoms with van der Waals surface area (Å²) in [5, 5.41) is 10.1. The molecule has 2 heteroatoms. The molecule has 0 aliphatic heterocycles. The maximum atomic E-state index is 9.65. The molecular weight excluding hydrogens is 172 g/mol. The Labute approximate surface area is 77.0 Å². The average molecular weight is 181 g/mol. The fraction of sp³-hybridized carbons (Fsp3) is 0.200. The highest BCUT2D eigenvalue weighted by Crippen LogP contribution is 2.26. The number of halogens is 1. The molecule has 0 heterocycles. The molecule has 0 amide bonds. The van der Waals surface area contributed by atoms with Crippen LogP contribution in [0, 0.1) is 12.3 Å². The van der Waals surface area contributed by atoms with E-state index in [-0.39, 0.29) is 0 Å². The Hall–Kier alpha value is -0.970. The Bertz CT molecular complexity index is 323. The minimum atomic E-state index is -1.28. The van der Waals surface area contributed by atoms with Crippen LogP contribution in [0.3, 0.4) is 0 Å². The van der Waals surface area contributed by atoms with Gasteiger partial charge < -0.3 is 5.11 Å². The second kappa shape index (κ2) is 3.18. The first-order valence-corrected chi connectivity index (χ1v) is 3.91. The van der Waals surface area contributed by atoms with Crippen LogP contribution in [0.5, 0.6) is 0 Å². The van der Waals surface area contributed by atoms with E-state index in [9.17, 15) is 5.11 Å². The lowest BCUT2D eigenvalue weighted by Crippen LogP contribution is -2.18. The van der Waals surface area contributed by atoms with Gasteiger partial charge in [0, 0.05) is 10.6 Å². The maximum Gasteiger partial charge on any atom is 0.149 e. The van der Waals surface area contributed by atoms with Crippen LogP contribution in [0.15, 0.2) is 24.3 Å². The van der Waals surface area contributed by atoms with Crippen LogP contribution in [0.1, 0.15) is 12.5 Å². The van der Waals surface area contributed by atoms with Gasteiger partial charge >= 0.3 is 0 Å². The molecular formula is C10H9ClO. The fourth-order valence-electron chi connectivity index (χ4n) is 0.934. The van der Waals surface area contributed by atoms with Crippen molar-refractivity contribution in [1.82, 2.24) is 0 Å². The summed E-state index contributed by atoms with van der Waals surface area (Å²) < 4.78 is 0. The van der Waals surface area contributed by atoms with Crippen molar-refractivity contribution in [2.75, 3.05) is 0 Å². The van der Waals surface area contributed by atoms with E-state index in [2.05, 4.69) is 5.92 Å². The lowest BCUT2D eigenvalue weighted by atomic mass is 9.97. The summed E-state index contributed by atoms with van der Waals surface area (Å²) >= 11 is 5.83. The molecule has 0 fully saturated rings. The largest absolute Gasteiger partial charge is 0.374 e. The zero-order valence-corrected chi connectivity index (χ0v) is 7.47. The lowest BCUT2D eigenvalue weighted by molar-refractivity contribution is 0.122. The summed E-state index contributed by atoms with van der Waals surface area (Å²) in [5.74, 6) is 2.27. The molecule has 1 N–H and O–H groups in total. The Kier molecular flexibility index (Phi) is 2.42. The molecule has 0 aliphatic rings. The van der Waals surface area contributed by atoms with Gasteiger partial charge in [0.2, 0.25) is 0 Å². The molecule has 0 aromatic heterocycles. The molecule has 1 aromatic carbocycles. The predicted molar refractivity (Wildman–Crippen MR) is 49.9 cm³/mol. The summed E-state index contributed by atoms with van der Waals surface area (Å²) in [7, 11) is 0. The van der Waals surface area contributed by atoms with Crippen molar-refractivity contribution < 1.29 is 5.11 Å². The van der Waals surface area contributed by atoms with E-state index in [0.717, 1.165) is 0 Å². The molecule has 0 saturated heterocycles. The van der Waals surface area contributed by atoms with Crippen LogP contribution in [0.2, 0.25) is 5.02 Å². The molecule has 0 bridgehead atoms. The maximum absolute atomic E-state index is 9.65. The average Bonchev–Trinajstić information content (AvgIpc) is 2.05. The monoisotopic (exact) mass is 180 g/mol. The highest BCUT2D eigenvalue weighted by atomic mass is 35.5. The topological polar surface area (TPSA) is 20.2 Å². The molecule has 12 heavy (non-hydrogen) atoms. The first kappa shape index (κ1) is 9.12. The first-order valence-electron chi connectivity index (χ1n) is 3.53. The Morgan fingerprint density at radius 2 is 2.08 bits per heavy atom. The normalized spacial score (nSPS) is 14.8. The van der Waals surface area contributed by atoms with E-state index in [1.54, 1.807) is 24.3 Å². The standard InChI is InChI=1S/C10H9ClO/c1-3-10(2,12)8-6-4-5-7-9(8)11/h1,4-7,12H,2H3. The third-order valence-corrected chi connectivity index (χ3v) is 2.01. The molecule has 0 aliphatic carbocycles. The van der Waals surface area contributed by atoms with Crippen LogP contribution in [0.25, 0.3) is 0 Å². The summed E-state index contributed by atoms with van der Waals surface area (Å²) in [6.07, 6.45) is 5.15. The second-order valence-electron chi connectivity index (χ2n) is 2.70. The van der Waals surface area contributed by atoms with Crippen molar-refractivity contribution >= 4 is 11.6 Å². The highest BCUT2D eigenvalue weighted by Gasteiger charge is 2.21. The van der Waals surface area contributed by atoms with Gasteiger partial charge in [0.1, 0.15) is 5.60 Å². The summed E-state index contributed by atoms with van der Waals surface area (Å²) in [6, 6.07) is 6.98. The molecule has 1 unspecified atom stereocenters. The minimum absolute atomic E-state index is 0.487. The molecule has 0 spiro atoms. The van der Waals surface area contributed by atoms with Crippen LogP contribution in [-0.4, -0.2) is 5.11 Å². The summed E-state index contributed by atoms with van der Waals surface area (Å²) in [5.41, 5.74) is -0.715. The Morgan fingerprint density at radius 3 is 2.58 bits per heavy atom. The van der Waals surface area contributed by atoms with E-state index in [0.29, 0.717) is 10.6 Å². The molecule has 1 atom stereocenters. The third kappa shape index (κ3) is 1.61. The highest BCUT2D eigenvalue weighted by molar-refractivity contribution is 6.31. The van der Waals surface area contributed by atoms with E-state index >= 15 is 0 Å². The van der Waals surface area contributed by atoms with Gasteiger partial charge in [0.25, 0.3) is 0 Å². The van der Waals surface area contributed by atoms with Gasteiger partial charge in [-0.3, -0.25) is 0 Å². The number of rotatable bonds is 1. The summed E-state index contributed by atoms with van der Waals surface area (Å²) in [6.45, 7) is 1.54. The van der Waals surface area contributed by atoms with Gasteiger partial charge in [-0.1, -0.05) is 35.7 Å². The Morgan fingerprint density at radius 1 is 1.50 bits per heavy atom. The predicted octanol–water partition coefficient (Wildman–Crippen LogP) is 2.18. The number of aliphatic hydroxyl groups is 1. The van der Waals surface area contributed by atoms with Crippen molar-refractivity contribution in [3.05, 3.63) is 34.9 Å². The van der Waals surface area contributed by atoms with Gasteiger partial charge in [-0.2, -0.15) is 0 Å². The lowest BCUT2D eigenvalue weighted by Gasteiger charge is -2.17. The van der Waals surface area contributed by atoms with Gasteiger partial charge in [-0.15, -0.1) is 6.42 Å². The number of hydrogen-bond donors (Lipinski definition) is 1. The fourth-order valence-corrected chi connectivity index (χ4v) is 1.25. The smallest absolute Gasteiger partial charge is 0.149 e. The molecule has 1 aromatic rings. The number of hydrogen-bond acceptors (Lipinski definition) is 1. The van der Waals surface area contributed by atoms with Crippen LogP contribution >= 0.6 is 11.6 Å². The molecule has 1 rings (SSSR count). The van der Waals surface area contributed by atoms with Crippen molar-refractivity contribution in [2.45, 2.75) is 12.5 Å². The minimum Gasteiger partial charge on any atom is -0.374 e. The van der Waals surface area contributed by atoms with Gasteiger partial charge in [0.05, 0.1) is 0 Å². The molecule has 0 saturated carbocycles. The summed E-state index contributed by atoms with van der Waals surface area (Å²) in [4.78, 5) is 0. The first-order chi connectivity index (χ1) is 5.58. The van der Waals surface area contributed by atoms with E-state index in [1.807, 2.05) is 0 Å². The van der Waals surface area contributed by atoms with Crippen molar-refractivity contribution in [2.24, 2.45) is 0 Å². The van der Waals surface area contributed by atoms with Crippen LogP contribution in [-0.2, 0) is 5.60 Å². The molecule has 0 radical (unpaired) electrons. The quantitative estimate of drug-likeness (QED) is 0.657. The van der Waals surface area contributed by atoms with Crippen molar-refractivity contribution in [3.8, 4) is 12.3 Å². The third-order valence-electron chi connectivity index (χ3n) is 1.68. The Balaban J connectivity index is 3.22. The van der Waals surface area contributed by atoms with Crippen LogP contribution < -0.4 is 0 Å². The SMILES string of the molecule is C#CC(C)(O)c1ccccc1Cl. The molecule has 62 valence electrons.